The molecule has 2 rings (SSSR count). The van der Waals surface area contributed by atoms with Crippen molar-refractivity contribution >= 4 is 23.4 Å². The highest BCUT2D eigenvalue weighted by molar-refractivity contribution is 5.90. The Morgan fingerprint density at radius 2 is 1.88 bits per heavy atom. The molecule has 0 spiro atoms. The molecule has 0 aromatic heterocycles. The van der Waals surface area contributed by atoms with Gasteiger partial charge in [-0.1, -0.05) is 12.1 Å². The van der Waals surface area contributed by atoms with Gasteiger partial charge in [-0.15, -0.1) is 0 Å². The molecule has 0 aliphatic carbocycles. The first kappa shape index (κ1) is 16.6. The maximum Gasteiger partial charge on any atom is 0.340 e. The smallest absolute Gasteiger partial charge is 0.340 e. The molecule has 0 bridgehead atoms. The fraction of sp³-hybridized carbons (Fsp3) is 0.0625. The van der Waals surface area contributed by atoms with Crippen LogP contribution in [0.4, 0.5) is 21.0 Å². The molecule has 0 fully saturated rings. The van der Waals surface area contributed by atoms with E-state index in [2.05, 4.69) is 10.7 Å². The number of rotatable bonds is 3. The van der Waals surface area contributed by atoms with Gasteiger partial charge in [0, 0.05) is 11.4 Å². The van der Waals surface area contributed by atoms with Crippen LogP contribution < -0.4 is 22.2 Å². The molecule has 0 saturated heterocycles. The highest BCUT2D eigenvalue weighted by Crippen LogP contribution is 2.12. The van der Waals surface area contributed by atoms with Gasteiger partial charge in [-0.2, -0.15) is 5.26 Å². The monoisotopic (exact) mass is 324 g/mol. The van der Waals surface area contributed by atoms with Crippen LogP contribution in [0.1, 0.15) is 11.1 Å². The third-order valence-corrected chi connectivity index (χ3v) is 3.05. The van der Waals surface area contributed by atoms with Gasteiger partial charge < -0.3 is 16.8 Å². The fourth-order valence-corrected chi connectivity index (χ4v) is 1.99. The maximum atomic E-state index is 12.3. The predicted octanol–water partition coefficient (Wildman–Crippen LogP) is 1.76. The van der Waals surface area contributed by atoms with Crippen molar-refractivity contribution in [3.8, 4) is 6.07 Å². The minimum Gasteiger partial charge on any atom is -0.399 e. The highest BCUT2D eigenvalue weighted by atomic mass is 16.2. The third kappa shape index (κ3) is 4.64. The van der Waals surface area contributed by atoms with E-state index < -0.39 is 12.1 Å². The van der Waals surface area contributed by atoms with Crippen LogP contribution in [0.5, 0.6) is 0 Å². The number of hydrazine groups is 1. The van der Waals surface area contributed by atoms with Crippen LogP contribution in [-0.4, -0.2) is 17.1 Å². The summed E-state index contributed by atoms with van der Waals surface area (Å²) in [5.74, 6) is 0. The number of carbonyl (C=O) groups excluding carboxylic acids is 2. The summed E-state index contributed by atoms with van der Waals surface area (Å²) in [4.78, 5) is 23.5. The van der Waals surface area contributed by atoms with Crippen molar-refractivity contribution in [2.45, 2.75) is 6.54 Å². The summed E-state index contributed by atoms with van der Waals surface area (Å²) in [6, 6.07) is 13.7. The number of nitrogens with one attached hydrogen (secondary N) is 2. The zero-order chi connectivity index (χ0) is 17.5. The molecule has 6 N–H and O–H groups in total. The SMILES string of the molecule is N#Cc1ccc(NC(=O)N(Cc2cccc(N)c2)NC(N)=O)cc1. The van der Waals surface area contributed by atoms with E-state index in [1.54, 1.807) is 48.5 Å². The molecule has 24 heavy (non-hydrogen) atoms. The number of nitrogens with two attached hydrogens (primary N) is 2. The molecule has 2 aromatic rings. The third-order valence-electron chi connectivity index (χ3n) is 3.05. The summed E-state index contributed by atoms with van der Waals surface area (Å²) in [7, 11) is 0. The Bertz CT molecular complexity index is 782. The minimum atomic E-state index is -0.867. The summed E-state index contributed by atoms with van der Waals surface area (Å²) in [5, 5.41) is 12.4. The Labute approximate surface area is 138 Å². The lowest BCUT2D eigenvalue weighted by Gasteiger charge is -2.23. The van der Waals surface area contributed by atoms with Crippen LogP contribution in [0.15, 0.2) is 48.5 Å². The second-order valence-electron chi connectivity index (χ2n) is 4.93. The van der Waals surface area contributed by atoms with E-state index in [1.807, 2.05) is 6.07 Å². The normalized spacial score (nSPS) is 9.62. The number of hydrogen-bond donors (Lipinski definition) is 4. The molecular formula is C16H16N6O2. The number of primary amides is 1. The van der Waals surface area contributed by atoms with Gasteiger partial charge in [0.05, 0.1) is 18.2 Å². The molecular weight excluding hydrogens is 308 g/mol. The Hall–Kier alpha value is -3.73. The van der Waals surface area contributed by atoms with Gasteiger partial charge in [-0.05, 0) is 42.0 Å². The van der Waals surface area contributed by atoms with E-state index in [9.17, 15) is 9.59 Å². The van der Waals surface area contributed by atoms with Crippen molar-refractivity contribution < 1.29 is 9.59 Å². The van der Waals surface area contributed by atoms with Crippen molar-refractivity contribution in [1.82, 2.24) is 10.4 Å². The lowest BCUT2D eigenvalue weighted by molar-refractivity contribution is 0.177. The fourth-order valence-electron chi connectivity index (χ4n) is 1.99. The molecule has 0 aliphatic heterocycles. The number of nitriles is 1. The number of urea groups is 2. The lowest BCUT2D eigenvalue weighted by atomic mass is 10.2. The van der Waals surface area contributed by atoms with Gasteiger partial charge in [0.1, 0.15) is 0 Å². The molecule has 0 aliphatic rings. The second kappa shape index (κ2) is 7.51. The van der Waals surface area contributed by atoms with E-state index in [0.29, 0.717) is 16.9 Å². The van der Waals surface area contributed by atoms with Gasteiger partial charge in [-0.25, -0.2) is 20.0 Å². The topological polar surface area (TPSA) is 137 Å². The van der Waals surface area contributed by atoms with E-state index in [4.69, 9.17) is 16.7 Å². The van der Waals surface area contributed by atoms with Gasteiger partial charge >= 0.3 is 12.1 Å². The summed E-state index contributed by atoms with van der Waals surface area (Å²) in [6.45, 7) is 0.0795. The largest absolute Gasteiger partial charge is 0.399 e. The molecule has 8 nitrogen and oxygen atoms in total. The molecule has 0 heterocycles. The first-order valence-electron chi connectivity index (χ1n) is 6.97. The Kier molecular flexibility index (Phi) is 5.20. The minimum absolute atomic E-state index is 0.0795. The number of carbonyl (C=O) groups is 2. The molecule has 8 heteroatoms. The quantitative estimate of drug-likeness (QED) is 0.505. The van der Waals surface area contributed by atoms with Crippen LogP contribution in [0.25, 0.3) is 0 Å². The molecule has 4 amide bonds. The van der Waals surface area contributed by atoms with Crippen molar-refractivity contribution in [3.05, 3.63) is 59.7 Å². The van der Waals surface area contributed by atoms with Gasteiger partial charge in [0.25, 0.3) is 0 Å². The van der Waals surface area contributed by atoms with Gasteiger partial charge in [-0.3, -0.25) is 0 Å². The molecule has 0 atom stereocenters. The molecule has 2 aromatic carbocycles. The summed E-state index contributed by atoms with van der Waals surface area (Å²) in [6.07, 6.45) is 0. The Balaban J connectivity index is 2.12. The van der Waals surface area contributed by atoms with Crippen LogP contribution in [0, 0.1) is 11.3 Å². The average Bonchev–Trinajstić information content (AvgIpc) is 2.54. The maximum absolute atomic E-state index is 12.3. The number of anilines is 2. The molecule has 0 unspecified atom stereocenters. The van der Waals surface area contributed by atoms with Crippen molar-refractivity contribution in [2.24, 2.45) is 5.73 Å². The summed E-state index contributed by atoms with van der Waals surface area (Å²) in [5.41, 5.74) is 15.3. The number of nitrogen functional groups attached to an aromatic ring is 1. The zero-order valence-electron chi connectivity index (χ0n) is 12.7. The highest BCUT2D eigenvalue weighted by Gasteiger charge is 2.16. The van der Waals surface area contributed by atoms with E-state index >= 15 is 0 Å². The van der Waals surface area contributed by atoms with Crippen molar-refractivity contribution in [3.63, 3.8) is 0 Å². The average molecular weight is 324 g/mol. The van der Waals surface area contributed by atoms with Crippen LogP contribution in [0.2, 0.25) is 0 Å². The zero-order valence-corrected chi connectivity index (χ0v) is 12.7. The van der Waals surface area contributed by atoms with E-state index in [-0.39, 0.29) is 6.54 Å². The number of benzene rings is 2. The summed E-state index contributed by atoms with van der Waals surface area (Å²) >= 11 is 0. The van der Waals surface area contributed by atoms with Gasteiger partial charge in [0.15, 0.2) is 0 Å². The predicted molar refractivity (Wildman–Crippen MR) is 89.3 cm³/mol. The number of hydrogen-bond acceptors (Lipinski definition) is 4. The lowest BCUT2D eigenvalue weighted by Crippen LogP contribution is -2.49. The Morgan fingerprint density at radius 1 is 1.17 bits per heavy atom. The Morgan fingerprint density at radius 3 is 2.46 bits per heavy atom. The van der Waals surface area contributed by atoms with E-state index in [0.717, 1.165) is 10.6 Å². The summed E-state index contributed by atoms with van der Waals surface area (Å²) < 4.78 is 0. The van der Waals surface area contributed by atoms with E-state index in [1.165, 1.54) is 0 Å². The molecule has 0 radical (unpaired) electrons. The standard InChI is InChI=1S/C16H16N6O2/c17-9-11-4-6-14(7-5-11)20-16(24)22(21-15(19)23)10-12-2-1-3-13(18)8-12/h1-8H,10,18H2,(H,20,24)(H3,19,21,23). The molecule has 0 saturated carbocycles. The van der Waals surface area contributed by atoms with Crippen molar-refractivity contribution in [1.29, 1.82) is 5.26 Å². The second-order valence-corrected chi connectivity index (χ2v) is 4.93. The number of nitrogens with zero attached hydrogens (tertiary/aromatic N) is 2. The van der Waals surface area contributed by atoms with Crippen LogP contribution in [0.3, 0.4) is 0 Å². The van der Waals surface area contributed by atoms with Crippen LogP contribution >= 0.6 is 0 Å². The first-order chi connectivity index (χ1) is 11.5. The van der Waals surface area contributed by atoms with Gasteiger partial charge in [0.2, 0.25) is 0 Å². The molecule has 122 valence electrons. The van der Waals surface area contributed by atoms with Crippen molar-refractivity contribution in [2.75, 3.05) is 11.1 Å². The number of amides is 4. The first-order valence-corrected chi connectivity index (χ1v) is 6.97. The van der Waals surface area contributed by atoms with Crippen LogP contribution in [-0.2, 0) is 6.54 Å².